The highest BCUT2D eigenvalue weighted by molar-refractivity contribution is 6.31. The van der Waals surface area contributed by atoms with E-state index in [1.807, 2.05) is 24.3 Å². The van der Waals surface area contributed by atoms with Gasteiger partial charge in [0.25, 0.3) is 5.91 Å². The van der Waals surface area contributed by atoms with E-state index in [1.165, 1.54) is 30.3 Å². The normalized spacial score (nSPS) is 17.9. The summed E-state index contributed by atoms with van der Waals surface area (Å²) in [6, 6.07) is 15.2. The molecule has 3 aromatic rings. The number of hydrogen-bond acceptors (Lipinski definition) is 3. The second-order valence-corrected chi connectivity index (χ2v) is 9.06. The van der Waals surface area contributed by atoms with Gasteiger partial charge in [-0.1, -0.05) is 53.0 Å². The van der Waals surface area contributed by atoms with Crippen LogP contribution in [-0.4, -0.2) is 18.0 Å². The predicted octanol–water partition coefficient (Wildman–Crippen LogP) is 5.37. The molecule has 0 aromatic heterocycles. The average Bonchev–Trinajstić information content (AvgIpc) is 3.29. The number of carbonyl (C=O) groups is 1. The zero-order valence-corrected chi connectivity index (χ0v) is 20.4. The van der Waals surface area contributed by atoms with Crippen molar-refractivity contribution in [3.8, 4) is 0 Å². The molecule has 3 aromatic carbocycles. The van der Waals surface area contributed by atoms with E-state index >= 15 is 0 Å². The van der Waals surface area contributed by atoms with Crippen molar-refractivity contribution in [2.75, 3.05) is 0 Å². The smallest absolute Gasteiger partial charge is 0.280 e. The summed E-state index contributed by atoms with van der Waals surface area (Å²) in [5.74, 6) is -1.73. The number of benzene rings is 3. The molecule has 11 heteroatoms. The van der Waals surface area contributed by atoms with Crippen molar-refractivity contribution in [1.29, 1.82) is 0 Å². The van der Waals surface area contributed by atoms with Crippen LogP contribution in [0.5, 0.6) is 0 Å². The van der Waals surface area contributed by atoms with Crippen molar-refractivity contribution >= 4 is 46.7 Å². The van der Waals surface area contributed by atoms with Crippen LogP contribution in [0.4, 0.5) is 8.78 Å². The Labute approximate surface area is 215 Å². The van der Waals surface area contributed by atoms with E-state index in [0.29, 0.717) is 17.0 Å². The first-order chi connectivity index (χ1) is 16.8. The van der Waals surface area contributed by atoms with E-state index in [-0.39, 0.29) is 40.3 Å². The molecule has 4 rings (SSSR count). The summed E-state index contributed by atoms with van der Waals surface area (Å²) in [7, 11) is 0. The van der Waals surface area contributed by atoms with Crippen LogP contribution < -0.4 is 21.5 Å². The van der Waals surface area contributed by atoms with E-state index in [0.717, 1.165) is 11.6 Å². The van der Waals surface area contributed by atoms with Crippen molar-refractivity contribution in [3.63, 3.8) is 0 Å². The van der Waals surface area contributed by atoms with Crippen molar-refractivity contribution in [2.45, 2.75) is 25.2 Å². The van der Waals surface area contributed by atoms with Gasteiger partial charge >= 0.3 is 0 Å². The second-order valence-electron chi connectivity index (χ2n) is 7.81. The molecule has 182 valence electrons. The van der Waals surface area contributed by atoms with Gasteiger partial charge in [0.2, 0.25) is 5.96 Å². The number of aliphatic imine (C=N–C) groups is 1. The van der Waals surface area contributed by atoms with E-state index in [4.69, 9.17) is 34.8 Å². The lowest BCUT2D eigenvalue weighted by Crippen LogP contribution is -2.49. The minimum absolute atomic E-state index is 0.0152. The van der Waals surface area contributed by atoms with Gasteiger partial charge in [0.1, 0.15) is 11.6 Å². The Kier molecular flexibility index (Phi) is 8.20. The minimum atomic E-state index is -0.722. The molecule has 1 saturated heterocycles. The van der Waals surface area contributed by atoms with E-state index < -0.39 is 17.5 Å². The highest BCUT2D eigenvalue weighted by Crippen LogP contribution is 2.23. The average molecular weight is 539 g/mol. The molecule has 0 spiro atoms. The number of guanidine groups is 1. The Morgan fingerprint density at radius 2 is 1.74 bits per heavy atom. The van der Waals surface area contributed by atoms with Crippen LogP contribution in [-0.2, 0) is 6.54 Å². The van der Waals surface area contributed by atoms with Crippen LogP contribution in [0.15, 0.2) is 65.7 Å². The topological polar surface area (TPSA) is 77.5 Å². The van der Waals surface area contributed by atoms with Gasteiger partial charge in [0, 0.05) is 34.6 Å². The zero-order valence-electron chi connectivity index (χ0n) is 18.1. The maximum absolute atomic E-state index is 13.8. The molecule has 1 aliphatic heterocycles. The first-order valence-electron chi connectivity index (χ1n) is 10.6. The molecule has 35 heavy (non-hydrogen) atoms. The fourth-order valence-electron chi connectivity index (χ4n) is 3.49. The van der Waals surface area contributed by atoms with Gasteiger partial charge in [-0.15, -0.1) is 0 Å². The molecule has 0 saturated carbocycles. The zero-order chi connectivity index (χ0) is 24.9. The standard InChI is InChI=1S/C24H20Cl3F2N5O/c25-16-5-1-13(2-6-16)21-11-22(34-33-21)31-24(30-12-15-3-7-17(28)10-19(15)27)32-23(35)14-4-8-18(26)20(29)9-14/h1-10,21-22,33-34H,11-12H2,(H2,30,31,32,35). The van der Waals surface area contributed by atoms with Crippen molar-refractivity contribution in [3.05, 3.63) is 104 Å². The van der Waals surface area contributed by atoms with Crippen LogP contribution in [0, 0.1) is 11.6 Å². The number of rotatable bonds is 5. The molecule has 1 fully saturated rings. The molecule has 0 radical (unpaired) electrons. The van der Waals surface area contributed by atoms with Crippen molar-refractivity contribution in [1.82, 2.24) is 21.5 Å². The van der Waals surface area contributed by atoms with Gasteiger partial charge in [-0.05, 0) is 53.6 Å². The number of nitrogens with zero attached hydrogens (tertiary/aromatic N) is 1. The van der Waals surface area contributed by atoms with Gasteiger partial charge in [0.15, 0.2) is 0 Å². The third-order valence-electron chi connectivity index (χ3n) is 5.33. The fourth-order valence-corrected chi connectivity index (χ4v) is 3.97. The number of halogens is 5. The van der Waals surface area contributed by atoms with Crippen LogP contribution >= 0.6 is 34.8 Å². The molecular formula is C24H20Cl3F2N5O. The lowest BCUT2D eigenvalue weighted by Gasteiger charge is -2.17. The summed E-state index contributed by atoms with van der Waals surface area (Å²) in [5, 5.41) is 6.93. The van der Waals surface area contributed by atoms with Gasteiger partial charge in [-0.25, -0.2) is 19.6 Å². The molecule has 0 aliphatic carbocycles. The fraction of sp³-hybridized carbons (Fsp3) is 0.167. The summed E-state index contributed by atoms with van der Waals surface area (Å²) in [6.07, 6.45) is 0.309. The lowest BCUT2D eigenvalue weighted by molar-refractivity contribution is 0.100. The number of amides is 1. The summed E-state index contributed by atoms with van der Waals surface area (Å²) in [5.41, 5.74) is 7.97. The number of hydrazine groups is 1. The Hall–Kier alpha value is -2.75. The third-order valence-corrected chi connectivity index (χ3v) is 6.24. The summed E-state index contributed by atoms with van der Waals surface area (Å²) in [6.45, 7) is 0.161. The molecule has 1 heterocycles. The number of carbonyl (C=O) groups excluding carboxylic acids is 1. The summed E-state index contributed by atoms with van der Waals surface area (Å²) < 4.78 is 27.2. The van der Waals surface area contributed by atoms with E-state index in [9.17, 15) is 13.6 Å². The van der Waals surface area contributed by atoms with Gasteiger partial charge in [-0.2, -0.15) is 4.99 Å². The highest BCUT2D eigenvalue weighted by atomic mass is 35.5. The highest BCUT2D eigenvalue weighted by Gasteiger charge is 2.26. The maximum Gasteiger partial charge on any atom is 0.280 e. The van der Waals surface area contributed by atoms with Crippen molar-refractivity contribution < 1.29 is 13.6 Å². The van der Waals surface area contributed by atoms with Crippen LogP contribution in [0.25, 0.3) is 0 Å². The first-order valence-corrected chi connectivity index (χ1v) is 11.7. The van der Waals surface area contributed by atoms with Gasteiger partial charge < -0.3 is 10.6 Å². The van der Waals surface area contributed by atoms with E-state index in [1.54, 1.807) is 0 Å². The Morgan fingerprint density at radius 3 is 2.46 bits per heavy atom. The Bertz CT molecular complexity index is 1260. The van der Waals surface area contributed by atoms with E-state index in [2.05, 4.69) is 26.5 Å². The number of hydrogen-bond donors (Lipinski definition) is 4. The summed E-state index contributed by atoms with van der Waals surface area (Å²) >= 11 is 17.8. The molecule has 4 N–H and O–H groups in total. The lowest BCUT2D eigenvalue weighted by atomic mass is 10.0. The monoisotopic (exact) mass is 537 g/mol. The molecule has 2 unspecified atom stereocenters. The van der Waals surface area contributed by atoms with Crippen LogP contribution in [0.2, 0.25) is 15.1 Å². The SMILES string of the molecule is O=C(/N=C(/NCc1ccc(F)cc1Cl)NC1CC(c2ccc(Cl)cc2)NN1)c1ccc(Cl)c(F)c1. The van der Waals surface area contributed by atoms with Crippen LogP contribution in [0.1, 0.15) is 33.9 Å². The summed E-state index contributed by atoms with van der Waals surface area (Å²) in [4.78, 5) is 16.8. The van der Waals surface area contributed by atoms with Gasteiger partial charge in [0.05, 0.1) is 11.2 Å². The molecule has 0 bridgehead atoms. The largest absolute Gasteiger partial charge is 0.352 e. The predicted molar refractivity (Wildman–Crippen MR) is 133 cm³/mol. The third kappa shape index (κ3) is 6.68. The Morgan fingerprint density at radius 1 is 0.971 bits per heavy atom. The Balaban J connectivity index is 1.51. The quantitative estimate of drug-likeness (QED) is 0.260. The molecular weight excluding hydrogens is 519 g/mol. The maximum atomic E-state index is 13.8. The van der Waals surface area contributed by atoms with Crippen LogP contribution in [0.3, 0.4) is 0 Å². The molecule has 1 amide bonds. The number of nitrogens with one attached hydrogen (secondary N) is 4. The molecule has 6 nitrogen and oxygen atoms in total. The minimum Gasteiger partial charge on any atom is -0.352 e. The second kappa shape index (κ2) is 11.3. The van der Waals surface area contributed by atoms with Crippen molar-refractivity contribution in [2.24, 2.45) is 4.99 Å². The van der Waals surface area contributed by atoms with Gasteiger partial charge in [-0.3, -0.25) is 4.79 Å². The molecule has 1 aliphatic rings. The first kappa shape index (κ1) is 25.3. The molecule has 2 atom stereocenters.